The Morgan fingerprint density at radius 2 is 1.40 bits per heavy atom. The number of carbonyl (C=O) groups is 1. The van der Waals surface area contributed by atoms with Crippen LogP contribution in [0.5, 0.6) is 0 Å². The molecule has 0 bridgehead atoms. The number of hydrogen-bond donors (Lipinski definition) is 1. The van der Waals surface area contributed by atoms with E-state index >= 15 is 0 Å². The van der Waals surface area contributed by atoms with Gasteiger partial charge in [-0.2, -0.15) is 5.26 Å². The van der Waals surface area contributed by atoms with Crippen molar-refractivity contribution in [3.8, 4) is 6.07 Å². The van der Waals surface area contributed by atoms with Gasteiger partial charge in [0.05, 0.1) is 18.4 Å². The standard InChI is InChI=1S/C25H23N3OS/c26-17-10-18-28(19-20-11-4-1-5-12-20)25(30)27-24(29)23(21-13-6-2-7-14-21)22-15-8-3-9-16-22/h1-9,11-16,23H,10,18-19H2,(H,27,29,30). The maximum atomic E-state index is 13.3. The van der Waals surface area contributed by atoms with Gasteiger partial charge < -0.3 is 10.2 Å². The lowest BCUT2D eigenvalue weighted by Crippen LogP contribution is -2.44. The summed E-state index contributed by atoms with van der Waals surface area (Å²) < 4.78 is 0. The van der Waals surface area contributed by atoms with Crippen LogP contribution in [0.25, 0.3) is 0 Å². The molecule has 0 aliphatic heterocycles. The third kappa shape index (κ3) is 5.76. The normalized spacial score (nSPS) is 10.3. The van der Waals surface area contributed by atoms with Gasteiger partial charge in [0.25, 0.3) is 0 Å². The van der Waals surface area contributed by atoms with Gasteiger partial charge in [-0.3, -0.25) is 4.79 Å². The number of amides is 1. The number of hydrogen-bond acceptors (Lipinski definition) is 3. The monoisotopic (exact) mass is 413 g/mol. The van der Waals surface area contributed by atoms with Crippen molar-refractivity contribution in [3.63, 3.8) is 0 Å². The largest absolute Gasteiger partial charge is 0.344 e. The van der Waals surface area contributed by atoms with E-state index in [1.165, 1.54) is 0 Å². The lowest BCUT2D eigenvalue weighted by molar-refractivity contribution is -0.120. The average Bonchev–Trinajstić information content (AvgIpc) is 2.79. The van der Waals surface area contributed by atoms with Crippen molar-refractivity contribution in [2.24, 2.45) is 0 Å². The van der Waals surface area contributed by atoms with Gasteiger partial charge in [-0.15, -0.1) is 0 Å². The molecule has 0 unspecified atom stereocenters. The quantitative estimate of drug-likeness (QED) is 0.574. The predicted octanol–water partition coefficient (Wildman–Crippen LogP) is 4.64. The van der Waals surface area contributed by atoms with Gasteiger partial charge in [-0.05, 0) is 28.9 Å². The molecule has 0 heterocycles. The lowest BCUT2D eigenvalue weighted by atomic mass is 9.90. The van der Waals surface area contributed by atoms with Gasteiger partial charge >= 0.3 is 0 Å². The summed E-state index contributed by atoms with van der Waals surface area (Å²) in [6.07, 6.45) is 0.323. The molecule has 3 aromatic carbocycles. The summed E-state index contributed by atoms with van der Waals surface area (Å²) in [5.41, 5.74) is 2.86. The number of nitrogens with one attached hydrogen (secondary N) is 1. The van der Waals surface area contributed by atoms with E-state index in [4.69, 9.17) is 17.5 Å². The van der Waals surface area contributed by atoms with Crippen molar-refractivity contribution in [1.29, 1.82) is 5.26 Å². The van der Waals surface area contributed by atoms with Gasteiger partial charge in [0.15, 0.2) is 5.11 Å². The highest BCUT2D eigenvalue weighted by molar-refractivity contribution is 7.80. The number of rotatable bonds is 7. The van der Waals surface area contributed by atoms with E-state index in [0.29, 0.717) is 24.6 Å². The molecule has 3 aromatic rings. The molecule has 0 aliphatic carbocycles. The first kappa shape index (κ1) is 21.2. The Morgan fingerprint density at radius 1 is 0.900 bits per heavy atom. The molecule has 5 heteroatoms. The smallest absolute Gasteiger partial charge is 0.238 e. The van der Waals surface area contributed by atoms with E-state index in [0.717, 1.165) is 16.7 Å². The van der Waals surface area contributed by atoms with Gasteiger partial charge in [-0.1, -0.05) is 91.0 Å². The minimum absolute atomic E-state index is 0.188. The second kappa shape index (κ2) is 10.9. The van der Waals surface area contributed by atoms with E-state index in [-0.39, 0.29) is 5.91 Å². The zero-order valence-corrected chi connectivity index (χ0v) is 17.4. The SMILES string of the molecule is N#CCCN(Cc1ccccc1)C(=S)NC(=O)C(c1ccccc1)c1ccccc1. The molecule has 0 radical (unpaired) electrons. The molecule has 4 nitrogen and oxygen atoms in total. The summed E-state index contributed by atoms with van der Waals surface area (Å²) in [5.74, 6) is -0.660. The number of nitriles is 1. The molecule has 150 valence electrons. The van der Waals surface area contributed by atoms with Crippen molar-refractivity contribution < 1.29 is 4.79 Å². The molecule has 30 heavy (non-hydrogen) atoms. The van der Waals surface area contributed by atoms with Crippen molar-refractivity contribution in [2.45, 2.75) is 18.9 Å². The second-order valence-corrected chi connectivity index (χ2v) is 7.25. The highest BCUT2D eigenvalue weighted by Gasteiger charge is 2.24. The molecule has 0 aliphatic rings. The Morgan fingerprint density at radius 3 is 1.90 bits per heavy atom. The Hall–Kier alpha value is -3.49. The summed E-state index contributed by atoms with van der Waals surface area (Å²) in [6.45, 7) is 0.981. The van der Waals surface area contributed by atoms with Crippen LogP contribution in [0.3, 0.4) is 0 Å². The maximum absolute atomic E-state index is 13.3. The van der Waals surface area contributed by atoms with Crippen LogP contribution in [0.2, 0.25) is 0 Å². The van der Waals surface area contributed by atoms with Crippen molar-refractivity contribution in [2.75, 3.05) is 6.54 Å². The minimum Gasteiger partial charge on any atom is -0.344 e. The maximum Gasteiger partial charge on any atom is 0.238 e. The molecule has 0 aromatic heterocycles. The Bertz CT molecular complexity index is 961. The van der Waals surface area contributed by atoms with Crippen molar-refractivity contribution in [1.82, 2.24) is 10.2 Å². The fourth-order valence-corrected chi connectivity index (χ4v) is 3.54. The van der Waals surface area contributed by atoms with Crippen LogP contribution in [0.1, 0.15) is 29.0 Å². The Kier molecular flexibility index (Phi) is 7.71. The van der Waals surface area contributed by atoms with Gasteiger partial charge in [0, 0.05) is 13.1 Å². The van der Waals surface area contributed by atoms with E-state index in [1.807, 2.05) is 95.9 Å². The lowest BCUT2D eigenvalue weighted by Gasteiger charge is -2.26. The predicted molar refractivity (Wildman–Crippen MR) is 123 cm³/mol. The first-order valence-corrected chi connectivity index (χ1v) is 10.2. The van der Waals surface area contributed by atoms with Crippen molar-refractivity contribution in [3.05, 3.63) is 108 Å². The van der Waals surface area contributed by atoms with E-state index in [9.17, 15) is 4.79 Å². The minimum atomic E-state index is -0.472. The first-order valence-electron chi connectivity index (χ1n) is 9.79. The van der Waals surface area contributed by atoms with Crippen LogP contribution in [0.4, 0.5) is 0 Å². The average molecular weight is 414 g/mol. The number of thiocarbonyl (C=S) groups is 1. The van der Waals surface area contributed by atoms with Crippen LogP contribution < -0.4 is 5.32 Å². The molecular formula is C25H23N3OS. The van der Waals surface area contributed by atoms with Gasteiger partial charge in [0.2, 0.25) is 5.91 Å². The van der Waals surface area contributed by atoms with Gasteiger partial charge in [-0.25, -0.2) is 0 Å². The third-order valence-electron chi connectivity index (χ3n) is 4.76. The Balaban J connectivity index is 1.80. The molecule has 1 amide bonds. The summed E-state index contributed by atoms with van der Waals surface area (Å²) >= 11 is 5.57. The molecule has 1 N–H and O–H groups in total. The third-order valence-corrected chi connectivity index (χ3v) is 5.12. The van der Waals surface area contributed by atoms with E-state index in [2.05, 4.69) is 11.4 Å². The molecule has 3 rings (SSSR count). The van der Waals surface area contributed by atoms with Crippen LogP contribution in [-0.2, 0) is 11.3 Å². The summed E-state index contributed by atoms with van der Waals surface area (Å²) in [5, 5.41) is 12.3. The van der Waals surface area contributed by atoms with E-state index in [1.54, 1.807) is 0 Å². The molecule has 0 spiro atoms. The first-order chi connectivity index (χ1) is 14.7. The topological polar surface area (TPSA) is 56.1 Å². The second-order valence-electron chi connectivity index (χ2n) is 6.86. The molecule has 0 atom stereocenters. The summed E-state index contributed by atoms with van der Waals surface area (Å²) in [6, 6.07) is 31.3. The fraction of sp³-hybridized carbons (Fsp3) is 0.160. The molecular weight excluding hydrogens is 390 g/mol. The zero-order valence-electron chi connectivity index (χ0n) is 16.6. The Labute approximate surface area is 182 Å². The van der Waals surface area contributed by atoms with Crippen LogP contribution in [-0.4, -0.2) is 22.5 Å². The molecule has 0 fully saturated rings. The highest BCUT2D eigenvalue weighted by Crippen LogP contribution is 2.24. The molecule has 0 saturated carbocycles. The highest BCUT2D eigenvalue weighted by atomic mass is 32.1. The van der Waals surface area contributed by atoms with E-state index < -0.39 is 5.92 Å². The summed E-state index contributed by atoms with van der Waals surface area (Å²) in [4.78, 5) is 15.2. The molecule has 0 saturated heterocycles. The van der Waals surface area contributed by atoms with Gasteiger partial charge in [0.1, 0.15) is 0 Å². The van der Waals surface area contributed by atoms with Crippen molar-refractivity contribution >= 4 is 23.2 Å². The van der Waals surface area contributed by atoms with Crippen LogP contribution in [0, 0.1) is 11.3 Å². The summed E-state index contributed by atoms with van der Waals surface area (Å²) in [7, 11) is 0. The number of carbonyl (C=O) groups excluding carboxylic acids is 1. The van der Waals surface area contributed by atoms with Crippen LogP contribution >= 0.6 is 12.2 Å². The number of benzene rings is 3. The number of nitrogens with zero attached hydrogens (tertiary/aromatic N) is 2. The zero-order chi connectivity index (χ0) is 21.2. The fourth-order valence-electron chi connectivity index (χ4n) is 3.28. The van der Waals surface area contributed by atoms with Crippen LogP contribution in [0.15, 0.2) is 91.0 Å².